The summed E-state index contributed by atoms with van der Waals surface area (Å²) in [5.74, 6) is -0.956. The highest BCUT2D eigenvalue weighted by Gasteiger charge is 2.41. The quantitative estimate of drug-likeness (QED) is 0.132. The number of carbonyl (C=O) groups is 1. The molecule has 2 N–H and O–H groups in total. The molecule has 1 aromatic heterocycles. The molecule has 240 valence electrons. The van der Waals surface area contributed by atoms with E-state index in [0.29, 0.717) is 5.69 Å². The van der Waals surface area contributed by atoms with Crippen LogP contribution in [0, 0.1) is 0 Å². The zero-order valence-electron chi connectivity index (χ0n) is 27.0. The monoisotopic (exact) mass is 639 g/mol. The van der Waals surface area contributed by atoms with Crippen molar-refractivity contribution in [3.8, 4) is 0 Å². The summed E-state index contributed by atoms with van der Waals surface area (Å²) in [7, 11) is 0. The lowest BCUT2D eigenvalue weighted by Gasteiger charge is -2.39. The summed E-state index contributed by atoms with van der Waals surface area (Å²) in [6.45, 7) is 0. The molecule has 0 spiro atoms. The van der Waals surface area contributed by atoms with E-state index >= 15 is 0 Å². The highest BCUT2D eigenvalue weighted by Crippen LogP contribution is 2.41. The molecule has 7 rings (SSSR count). The van der Waals surface area contributed by atoms with Gasteiger partial charge in [0.1, 0.15) is 11.6 Å². The summed E-state index contributed by atoms with van der Waals surface area (Å²) in [5, 5.41) is 14.5. The Bertz CT molecular complexity index is 1890. The molecule has 1 heterocycles. The van der Waals surface area contributed by atoms with Crippen molar-refractivity contribution in [3.05, 3.63) is 234 Å². The van der Waals surface area contributed by atoms with E-state index in [4.69, 9.17) is 4.98 Å². The summed E-state index contributed by atoms with van der Waals surface area (Å²) in [5.41, 5.74) is 5.01. The molecule has 6 aromatic carbocycles. The van der Waals surface area contributed by atoms with Crippen LogP contribution >= 0.6 is 0 Å². The van der Waals surface area contributed by atoms with Crippen LogP contribution in [-0.4, -0.2) is 26.7 Å². The topological polar surface area (TPSA) is 67.1 Å². The van der Waals surface area contributed by atoms with E-state index in [9.17, 15) is 9.90 Å². The molecule has 5 nitrogen and oxygen atoms in total. The normalized spacial score (nSPS) is 12.3. The van der Waals surface area contributed by atoms with Gasteiger partial charge >= 0.3 is 5.97 Å². The number of nitrogens with one attached hydrogen (secondary N) is 1. The molecule has 0 aliphatic rings. The number of hydrogen-bond donors (Lipinski definition) is 2. The Balaban J connectivity index is 1.35. The lowest BCUT2D eigenvalue weighted by molar-refractivity contribution is -0.139. The number of aromatic nitrogens is 2. The first-order valence-corrected chi connectivity index (χ1v) is 16.5. The number of imidazole rings is 1. The molecule has 5 heteroatoms. The number of hydrogen-bond acceptors (Lipinski definition) is 3. The fraction of sp³-hybridized carbons (Fsp3) is 0.0909. The van der Waals surface area contributed by atoms with Gasteiger partial charge in [0, 0.05) is 12.6 Å². The first-order valence-electron chi connectivity index (χ1n) is 16.5. The van der Waals surface area contributed by atoms with E-state index in [1.54, 1.807) is 0 Å². The third-order valence-electron chi connectivity index (χ3n) is 9.32. The smallest absolute Gasteiger partial charge is 0.321 e. The van der Waals surface area contributed by atoms with Crippen LogP contribution in [0.1, 0.15) is 39.1 Å². The van der Waals surface area contributed by atoms with Gasteiger partial charge in [-0.25, -0.2) is 4.98 Å². The lowest BCUT2D eigenvalue weighted by atomic mass is 9.76. The first kappa shape index (κ1) is 31.6. The SMILES string of the molecule is O=C(O)[C@@H](Cc1cn(C(c2ccccc2)(c2ccccc2)c2ccccc2)cn1)NC(c1ccccc1)(c1ccccc1)c1ccccc1. The van der Waals surface area contributed by atoms with Gasteiger partial charge < -0.3 is 9.67 Å². The van der Waals surface area contributed by atoms with Crippen molar-refractivity contribution in [2.75, 3.05) is 0 Å². The number of carboxylic acid groups (broad SMARTS) is 1. The van der Waals surface area contributed by atoms with Crippen molar-refractivity contribution in [2.24, 2.45) is 0 Å². The maximum absolute atomic E-state index is 13.2. The number of carboxylic acids is 1. The van der Waals surface area contributed by atoms with Crippen molar-refractivity contribution in [1.29, 1.82) is 0 Å². The van der Waals surface area contributed by atoms with Crippen molar-refractivity contribution in [3.63, 3.8) is 0 Å². The van der Waals surface area contributed by atoms with Crippen LogP contribution in [0.2, 0.25) is 0 Å². The highest BCUT2D eigenvalue weighted by molar-refractivity contribution is 5.74. The Kier molecular flexibility index (Phi) is 9.00. The number of benzene rings is 6. The Morgan fingerprint density at radius 1 is 0.551 bits per heavy atom. The van der Waals surface area contributed by atoms with E-state index in [1.807, 2.05) is 85.3 Å². The van der Waals surface area contributed by atoms with E-state index in [-0.39, 0.29) is 6.42 Å². The van der Waals surface area contributed by atoms with Crippen molar-refractivity contribution >= 4 is 5.97 Å². The summed E-state index contributed by atoms with van der Waals surface area (Å²) < 4.78 is 2.13. The minimum absolute atomic E-state index is 0.158. The molecule has 0 saturated carbocycles. The molecule has 1 atom stereocenters. The van der Waals surface area contributed by atoms with Gasteiger partial charge in [-0.05, 0) is 33.4 Å². The van der Waals surface area contributed by atoms with Crippen LogP contribution < -0.4 is 5.32 Å². The highest BCUT2D eigenvalue weighted by atomic mass is 16.4. The number of aliphatic carboxylic acids is 1. The van der Waals surface area contributed by atoms with Gasteiger partial charge in [0.05, 0.1) is 17.6 Å². The molecule has 0 saturated heterocycles. The predicted molar refractivity (Wildman–Crippen MR) is 194 cm³/mol. The Hall–Kier alpha value is -6.04. The van der Waals surface area contributed by atoms with Crippen molar-refractivity contribution < 1.29 is 9.90 Å². The third-order valence-corrected chi connectivity index (χ3v) is 9.32. The molecule has 0 unspecified atom stereocenters. The summed E-state index contributed by atoms with van der Waals surface area (Å²) in [6.07, 6.45) is 3.99. The van der Waals surface area contributed by atoms with Crippen molar-refractivity contribution in [1.82, 2.24) is 14.9 Å². The zero-order chi connectivity index (χ0) is 33.5. The maximum atomic E-state index is 13.2. The second-order valence-corrected chi connectivity index (χ2v) is 12.2. The molecule has 0 aliphatic heterocycles. The van der Waals surface area contributed by atoms with Gasteiger partial charge in [0.15, 0.2) is 0 Å². The van der Waals surface area contributed by atoms with Crippen LogP contribution in [0.25, 0.3) is 0 Å². The van der Waals surface area contributed by atoms with Crippen LogP contribution in [0.3, 0.4) is 0 Å². The van der Waals surface area contributed by atoms with Crippen LogP contribution in [-0.2, 0) is 22.3 Å². The zero-order valence-corrected chi connectivity index (χ0v) is 27.0. The number of nitrogens with zero attached hydrogens (tertiary/aromatic N) is 2. The van der Waals surface area contributed by atoms with E-state index in [0.717, 1.165) is 33.4 Å². The molecule has 0 amide bonds. The standard InChI is InChI=1S/C44H37N3O2/c48-42(49)41(46-43(34-19-7-1-8-20-34,35-21-9-2-10-22-35)36-23-11-3-12-24-36)31-40-32-47(33-45-40)44(37-25-13-4-14-26-37,38-27-15-5-16-28-38)39-29-17-6-18-30-39/h1-30,32-33,41,46H,31H2,(H,48,49)/t41-/m1/s1. The third kappa shape index (κ3) is 5.97. The van der Waals surface area contributed by atoms with Gasteiger partial charge in [0.2, 0.25) is 0 Å². The molecule has 0 aliphatic carbocycles. The minimum Gasteiger partial charge on any atom is -0.480 e. The van der Waals surface area contributed by atoms with Crippen LogP contribution in [0.5, 0.6) is 0 Å². The average molecular weight is 640 g/mol. The fourth-order valence-electron chi connectivity index (χ4n) is 7.12. The molecule has 0 fully saturated rings. The Labute approximate surface area is 287 Å². The molecule has 49 heavy (non-hydrogen) atoms. The maximum Gasteiger partial charge on any atom is 0.321 e. The molecule has 0 radical (unpaired) electrons. The lowest BCUT2D eigenvalue weighted by Crippen LogP contribution is -2.53. The summed E-state index contributed by atoms with van der Waals surface area (Å²) in [6, 6.07) is 60.4. The predicted octanol–water partition coefficient (Wildman–Crippen LogP) is 8.30. The van der Waals surface area contributed by atoms with E-state index in [2.05, 4.69) is 119 Å². The average Bonchev–Trinajstić information content (AvgIpc) is 3.64. The first-order chi connectivity index (χ1) is 24.1. The molecule has 0 bridgehead atoms. The van der Waals surface area contributed by atoms with Crippen LogP contribution in [0.4, 0.5) is 0 Å². The van der Waals surface area contributed by atoms with Gasteiger partial charge in [-0.3, -0.25) is 10.1 Å². The van der Waals surface area contributed by atoms with E-state index < -0.39 is 23.1 Å². The Morgan fingerprint density at radius 3 is 1.20 bits per heavy atom. The van der Waals surface area contributed by atoms with Gasteiger partial charge in [-0.2, -0.15) is 0 Å². The largest absolute Gasteiger partial charge is 0.480 e. The van der Waals surface area contributed by atoms with Crippen LogP contribution in [0.15, 0.2) is 195 Å². The van der Waals surface area contributed by atoms with Gasteiger partial charge in [-0.1, -0.05) is 182 Å². The molecular formula is C44H37N3O2. The Morgan fingerprint density at radius 2 is 0.878 bits per heavy atom. The molecule has 7 aromatic rings. The summed E-state index contributed by atoms with van der Waals surface area (Å²) in [4.78, 5) is 18.1. The van der Waals surface area contributed by atoms with Gasteiger partial charge in [0.25, 0.3) is 0 Å². The van der Waals surface area contributed by atoms with Crippen molar-refractivity contribution in [2.45, 2.75) is 23.5 Å². The minimum atomic E-state index is -0.983. The summed E-state index contributed by atoms with van der Waals surface area (Å²) >= 11 is 0. The van der Waals surface area contributed by atoms with E-state index in [1.165, 1.54) is 0 Å². The second-order valence-electron chi connectivity index (χ2n) is 12.2. The molecular weight excluding hydrogens is 603 g/mol. The van der Waals surface area contributed by atoms with Gasteiger partial charge in [-0.15, -0.1) is 0 Å². The fourth-order valence-corrected chi connectivity index (χ4v) is 7.12. The number of rotatable bonds is 12. The second kappa shape index (κ2) is 14.0.